The average molecular weight is 303 g/mol. The van der Waals surface area contributed by atoms with Gasteiger partial charge in [-0.05, 0) is 25.0 Å². The van der Waals surface area contributed by atoms with Crippen LogP contribution in [0.5, 0.6) is 0 Å². The minimum atomic E-state index is -0.508. The van der Waals surface area contributed by atoms with Gasteiger partial charge in [0.15, 0.2) is 0 Å². The Kier molecular flexibility index (Phi) is 5.14. The van der Waals surface area contributed by atoms with Gasteiger partial charge in [-0.15, -0.1) is 0 Å². The number of hydrogen-bond donors (Lipinski definition) is 2. The summed E-state index contributed by atoms with van der Waals surface area (Å²) in [7, 11) is 0. The van der Waals surface area contributed by atoms with Crippen molar-refractivity contribution >= 4 is 17.7 Å². The summed E-state index contributed by atoms with van der Waals surface area (Å²) in [5, 5.41) is 0. The smallest absolute Gasteiger partial charge is 0.269 e. The minimum Gasteiger partial charge on any atom is -0.330 e. The molecule has 1 heterocycles. The molecule has 0 saturated carbocycles. The number of hydrazine groups is 1. The van der Waals surface area contributed by atoms with Crippen molar-refractivity contribution < 1.29 is 14.4 Å². The van der Waals surface area contributed by atoms with E-state index in [2.05, 4.69) is 10.9 Å². The fourth-order valence-electron chi connectivity index (χ4n) is 2.50. The zero-order valence-electron chi connectivity index (χ0n) is 12.8. The molecule has 1 aliphatic rings. The molecule has 1 saturated heterocycles. The van der Waals surface area contributed by atoms with E-state index in [0.717, 1.165) is 6.42 Å². The highest BCUT2D eigenvalue weighted by atomic mass is 16.2. The summed E-state index contributed by atoms with van der Waals surface area (Å²) >= 11 is 0. The maximum atomic E-state index is 12.2. The first-order chi connectivity index (χ1) is 10.5. The third-order valence-electron chi connectivity index (χ3n) is 3.67. The number of nitrogens with one attached hydrogen (secondary N) is 2. The Labute approximate surface area is 129 Å². The molecule has 0 spiro atoms. The molecule has 6 nitrogen and oxygen atoms in total. The number of rotatable bonds is 3. The van der Waals surface area contributed by atoms with Gasteiger partial charge in [0, 0.05) is 18.0 Å². The highest BCUT2D eigenvalue weighted by molar-refractivity contribution is 5.96. The van der Waals surface area contributed by atoms with E-state index in [1.54, 1.807) is 29.2 Å². The summed E-state index contributed by atoms with van der Waals surface area (Å²) in [5.74, 6) is -0.913. The Morgan fingerprint density at radius 1 is 1.14 bits per heavy atom. The average Bonchev–Trinajstić information content (AvgIpc) is 3.01. The van der Waals surface area contributed by atoms with Crippen LogP contribution in [0, 0.1) is 5.92 Å². The van der Waals surface area contributed by atoms with Gasteiger partial charge in [0.25, 0.3) is 11.8 Å². The maximum absolute atomic E-state index is 12.2. The first kappa shape index (κ1) is 16.0. The molecule has 1 fully saturated rings. The Hall–Kier alpha value is -2.37. The molecule has 118 valence electrons. The van der Waals surface area contributed by atoms with E-state index in [1.807, 2.05) is 19.9 Å². The Morgan fingerprint density at radius 2 is 1.82 bits per heavy atom. The van der Waals surface area contributed by atoms with Crippen LogP contribution in [0.15, 0.2) is 30.3 Å². The molecule has 0 aromatic heterocycles. The van der Waals surface area contributed by atoms with Crippen molar-refractivity contribution in [3.63, 3.8) is 0 Å². The standard InChI is InChI=1S/C16H21N3O3/c1-11(2)16(22)19-10-6-9-13(19)15(21)18-17-14(20)12-7-4-3-5-8-12/h3-5,7-8,11,13H,6,9-10H2,1-2H3,(H,17,20)(H,18,21). The summed E-state index contributed by atoms with van der Waals surface area (Å²) in [4.78, 5) is 37.8. The van der Waals surface area contributed by atoms with Gasteiger partial charge in [-0.1, -0.05) is 32.0 Å². The molecule has 1 aromatic carbocycles. The summed E-state index contributed by atoms with van der Waals surface area (Å²) in [6.45, 7) is 4.21. The van der Waals surface area contributed by atoms with E-state index in [4.69, 9.17) is 0 Å². The van der Waals surface area contributed by atoms with Crippen LogP contribution in [0.4, 0.5) is 0 Å². The predicted molar refractivity (Wildman–Crippen MR) is 81.6 cm³/mol. The molecule has 0 bridgehead atoms. The number of amides is 3. The second kappa shape index (κ2) is 7.06. The van der Waals surface area contributed by atoms with Gasteiger partial charge in [0.05, 0.1) is 0 Å². The number of hydrogen-bond acceptors (Lipinski definition) is 3. The molecule has 0 aliphatic carbocycles. The molecule has 6 heteroatoms. The summed E-state index contributed by atoms with van der Waals surface area (Å²) in [6, 6.07) is 8.11. The monoisotopic (exact) mass is 303 g/mol. The van der Waals surface area contributed by atoms with Crippen LogP contribution in [0.2, 0.25) is 0 Å². The first-order valence-electron chi connectivity index (χ1n) is 7.46. The Bertz CT molecular complexity index is 557. The van der Waals surface area contributed by atoms with Crippen molar-refractivity contribution in [1.29, 1.82) is 0 Å². The van der Waals surface area contributed by atoms with Crippen LogP contribution >= 0.6 is 0 Å². The zero-order valence-corrected chi connectivity index (χ0v) is 12.8. The van der Waals surface area contributed by atoms with E-state index in [-0.39, 0.29) is 23.6 Å². The van der Waals surface area contributed by atoms with E-state index in [0.29, 0.717) is 18.5 Å². The van der Waals surface area contributed by atoms with Crippen LogP contribution in [-0.2, 0) is 9.59 Å². The molecule has 1 atom stereocenters. The van der Waals surface area contributed by atoms with E-state index < -0.39 is 6.04 Å². The van der Waals surface area contributed by atoms with Crippen molar-refractivity contribution in [1.82, 2.24) is 15.8 Å². The van der Waals surface area contributed by atoms with Crippen LogP contribution in [0.1, 0.15) is 37.0 Å². The predicted octanol–water partition coefficient (Wildman–Crippen LogP) is 1.09. The van der Waals surface area contributed by atoms with Gasteiger partial charge in [-0.25, -0.2) is 0 Å². The Balaban J connectivity index is 1.92. The molecule has 2 rings (SSSR count). The van der Waals surface area contributed by atoms with Gasteiger partial charge in [0.2, 0.25) is 5.91 Å². The van der Waals surface area contributed by atoms with Crippen molar-refractivity contribution in [2.75, 3.05) is 6.54 Å². The highest BCUT2D eigenvalue weighted by Crippen LogP contribution is 2.19. The molecule has 22 heavy (non-hydrogen) atoms. The van der Waals surface area contributed by atoms with Crippen molar-refractivity contribution in [3.05, 3.63) is 35.9 Å². The normalized spacial score (nSPS) is 17.4. The van der Waals surface area contributed by atoms with Crippen LogP contribution < -0.4 is 10.9 Å². The molecular weight excluding hydrogens is 282 g/mol. The fraction of sp³-hybridized carbons (Fsp3) is 0.438. The summed E-state index contributed by atoms with van der Waals surface area (Å²) in [6.07, 6.45) is 1.41. The van der Waals surface area contributed by atoms with Gasteiger partial charge in [-0.2, -0.15) is 0 Å². The Morgan fingerprint density at radius 3 is 2.45 bits per heavy atom. The molecule has 2 N–H and O–H groups in total. The molecule has 0 radical (unpaired) electrons. The minimum absolute atomic E-state index is 0.0352. The number of carbonyl (C=O) groups is 3. The zero-order chi connectivity index (χ0) is 16.1. The number of benzene rings is 1. The lowest BCUT2D eigenvalue weighted by Crippen LogP contribution is -2.52. The molecule has 1 aromatic rings. The van der Waals surface area contributed by atoms with E-state index in [1.165, 1.54) is 0 Å². The number of carbonyl (C=O) groups excluding carboxylic acids is 3. The van der Waals surface area contributed by atoms with Gasteiger partial charge >= 0.3 is 0 Å². The van der Waals surface area contributed by atoms with Crippen molar-refractivity contribution in [2.24, 2.45) is 5.92 Å². The van der Waals surface area contributed by atoms with E-state index >= 15 is 0 Å². The second-order valence-electron chi connectivity index (χ2n) is 5.65. The van der Waals surface area contributed by atoms with Crippen LogP contribution in [0.25, 0.3) is 0 Å². The van der Waals surface area contributed by atoms with Gasteiger partial charge in [-0.3, -0.25) is 25.2 Å². The van der Waals surface area contributed by atoms with Crippen LogP contribution in [-0.4, -0.2) is 35.2 Å². The summed E-state index contributed by atoms with van der Waals surface area (Å²) < 4.78 is 0. The lowest BCUT2D eigenvalue weighted by molar-refractivity contribution is -0.141. The molecule has 1 unspecified atom stereocenters. The SMILES string of the molecule is CC(C)C(=O)N1CCCC1C(=O)NNC(=O)c1ccccc1. The van der Waals surface area contributed by atoms with Crippen LogP contribution in [0.3, 0.4) is 0 Å². The van der Waals surface area contributed by atoms with Gasteiger partial charge < -0.3 is 4.90 Å². The quantitative estimate of drug-likeness (QED) is 0.821. The first-order valence-corrected chi connectivity index (χ1v) is 7.46. The lowest BCUT2D eigenvalue weighted by atomic mass is 10.1. The summed E-state index contributed by atoms with van der Waals surface area (Å²) in [5.41, 5.74) is 5.26. The fourth-order valence-corrected chi connectivity index (χ4v) is 2.50. The van der Waals surface area contributed by atoms with Gasteiger partial charge in [0.1, 0.15) is 6.04 Å². The van der Waals surface area contributed by atoms with Crippen molar-refractivity contribution in [3.8, 4) is 0 Å². The number of likely N-dealkylation sites (tertiary alicyclic amines) is 1. The largest absolute Gasteiger partial charge is 0.330 e. The second-order valence-corrected chi connectivity index (χ2v) is 5.65. The third kappa shape index (κ3) is 3.63. The molecule has 3 amide bonds. The van der Waals surface area contributed by atoms with E-state index in [9.17, 15) is 14.4 Å². The lowest BCUT2D eigenvalue weighted by Gasteiger charge is -2.25. The third-order valence-corrected chi connectivity index (χ3v) is 3.67. The van der Waals surface area contributed by atoms with Crippen molar-refractivity contribution in [2.45, 2.75) is 32.7 Å². The topological polar surface area (TPSA) is 78.5 Å². The number of nitrogens with zero attached hydrogens (tertiary/aromatic N) is 1. The maximum Gasteiger partial charge on any atom is 0.269 e. The highest BCUT2D eigenvalue weighted by Gasteiger charge is 2.35. The molecular formula is C16H21N3O3. The molecule has 1 aliphatic heterocycles.